The topological polar surface area (TPSA) is 46.4 Å². The normalized spacial score (nSPS) is 11.8. The first kappa shape index (κ1) is 13.1. The molecule has 0 spiro atoms. The maximum Gasteiger partial charge on any atom is 0.270 e. The second-order valence-electron chi connectivity index (χ2n) is 5.33. The number of fused-ring (bicyclic) bond motifs is 1. The molecular weight excluding hydrogens is 294 g/mol. The lowest BCUT2D eigenvalue weighted by Gasteiger charge is -2.20. The minimum Gasteiger partial charge on any atom is -0.346 e. The van der Waals surface area contributed by atoms with Crippen LogP contribution in [0.2, 0.25) is 0 Å². The molecule has 0 unspecified atom stereocenters. The third-order valence-electron chi connectivity index (χ3n) is 2.46. The van der Waals surface area contributed by atoms with Crippen LogP contribution in [0.4, 0.5) is 0 Å². The number of pyridine rings is 1. The van der Waals surface area contributed by atoms with Crippen molar-refractivity contribution < 1.29 is 4.79 Å². The zero-order valence-electron chi connectivity index (χ0n) is 10.9. The Bertz CT molecular complexity index is 610. The zero-order chi connectivity index (χ0) is 13.5. The second kappa shape index (κ2) is 4.39. The number of carbonyl (C=O) groups excluding carboxylic acids is 1. The highest BCUT2D eigenvalue weighted by molar-refractivity contribution is 9.10. The van der Waals surface area contributed by atoms with Gasteiger partial charge < -0.3 is 5.32 Å². The van der Waals surface area contributed by atoms with Crippen LogP contribution in [0, 0.1) is 6.92 Å². The molecular formula is C13H16BrN3O. The number of imidazole rings is 1. The smallest absolute Gasteiger partial charge is 0.270 e. The third kappa shape index (κ3) is 2.56. The molecule has 0 aromatic carbocycles. The molecule has 2 heterocycles. The number of rotatable bonds is 1. The van der Waals surface area contributed by atoms with E-state index in [0.717, 1.165) is 15.8 Å². The van der Waals surface area contributed by atoms with Gasteiger partial charge in [-0.2, -0.15) is 0 Å². The van der Waals surface area contributed by atoms with Crippen molar-refractivity contribution in [3.05, 3.63) is 34.2 Å². The first-order chi connectivity index (χ1) is 8.28. The summed E-state index contributed by atoms with van der Waals surface area (Å²) in [5, 5.41) is 2.96. The van der Waals surface area contributed by atoms with E-state index in [1.54, 1.807) is 4.40 Å². The molecule has 1 amide bonds. The first-order valence-corrected chi connectivity index (χ1v) is 6.54. The Kier molecular flexibility index (Phi) is 3.19. The van der Waals surface area contributed by atoms with E-state index < -0.39 is 0 Å². The van der Waals surface area contributed by atoms with Crippen LogP contribution in [0.5, 0.6) is 0 Å². The van der Waals surface area contributed by atoms with E-state index in [-0.39, 0.29) is 11.4 Å². The molecule has 0 bridgehead atoms. The second-order valence-corrected chi connectivity index (χ2v) is 6.24. The van der Waals surface area contributed by atoms with Crippen molar-refractivity contribution >= 4 is 27.5 Å². The Morgan fingerprint density at radius 3 is 2.67 bits per heavy atom. The van der Waals surface area contributed by atoms with E-state index in [9.17, 15) is 4.79 Å². The summed E-state index contributed by atoms with van der Waals surface area (Å²) in [6.45, 7) is 7.72. The van der Waals surface area contributed by atoms with Gasteiger partial charge in [0.15, 0.2) is 0 Å². The van der Waals surface area contributed by atoms with Gasteiger partial charge in [-0.05, 0) is 55.8 Å². The van der Waals surface area contributed by atoms with Crippen molar-refractivity contribution in [2.75, 3.05) is 0 Å². The fraction of sp³-hybridized carbons (Fsp3) is 0.385. The van der Waals surface area contributed by atoms with E-state index >= 15 is 0 Å². The van der Waals surface area contributed by atoms with Crippen LogP contribution >= 0.6 is 15.9 Å². The molecule has 2 aromatic heterocycles. The molecule has 96 valence electrons. The van der Waals surface area contributed by atoms with Crippen molar-refractivity contribution in [2.45, 2.75) is 33.2 Å². The molecule has 5 heteroatoms. The van der Waals surface area contributed by atoms with Crippen molar-refractivity contribution in [1.29, 1.82) is 0 Å². The molecule has 0 radical (unpaired) electrons. The fourth-order valence-corrected chi connectivity index (χ4v) is 2.15. The Labute approximate surface area is 115 Å². The van der Waals surface area contributed by atoms with Gasteiger partial charge in [0.25, 0.3) is 5.91 Å². The summed E-state index contributed by atoms with van der Waals surface area (Å²) in [7, 11) is 0. The van der Waals surface area contributed by atoms with E-state index in [1.807, 2.05) is 46.0 Å². The number of nitrogens with zero attached hydrogens (tertiary/aromatic N) is 2. The van der Waals surface area contributed by atoms with Crippen LogP contribution < -0.4 is 5.32 Å². The maximum absolute atomic E-state index is 12.3. The lowest BCUT2D eigenvalue weighted by Crippen LogP contribution is -2.41. The molecule has 0 atom stereocenters. The van der Waals surface area contributed by atoms with Gasteiger partial charge >= 0.3 is 0 Å². The average Bonchev–Trinajstić information content (AvgIpc) is 2.50. The minimum atomic E-state index is -0.264. The number of hydrogen-bond acceptors (Lipinski definition) is 2. The number of aryl methyl sites for hydroxylation is 1. The summed E-state index contributed by atoms with van der Waals surface area (Å²) in [6, 6.07) is 3.79. The fourth-order valence-electron chi connectivity index (χ4n) is 1.81. The number of aromatic nitrogens is 2. The molecule has 4 nitrogen and oxygen atoms in total. The van der Waals surface area contributed by atoms with Gasteiger partial charge in [0.05, 0.1) is 5.69 Å². The SMILES string of the molecule is Cc1nc2ccc(Br)cn2c1C(=O)NC(C)(C)C. The van der Waals surface area contributed by atoms with Crippen LogP contribution in [0.3, 0.4) is 0 Å². The van der Waals surface area contributed by atoms with Crippen molar-refractivity contribution in [1.82, 2.24) is 14.7 Å². The number of amides is 1. The van der Waals surface area contributed by atoms with Crippen LogP contribution in [0.25, 0.3) is 5.65 Å². The molecule has 0 saturated heterocycles. The van der Waals surface area contributed by atoms with Crippen LogP contribution in [-0.4, -0.2) is 20.8 Å². The van der Waals surface area contributed by atoms with Gasteiger partial charge in [0, 0.05) is 16.2 Å². The molecule has 2 aromatic rings. The molecule has 0 saturated carbocycles. The van der Waals surface area contributed by atoms with Crippen LogP contribution in [-0.2, 0) is 0 Å². The molecule has 0 aliphatic heterocycles. The van der Waals surface area contributed by atoms with Crippen LogP contribution in [0.1, 0.15) is 37.0 Å². The van der Waals surface area contributed by atoms with Gasteiger partial charge in [-0.3, -0.25) is 9.20 Å². The van der Waals surface area contributed by atoms with Gasteiger partial charge in [-0.15, -0.1) is 0 Å². The third-order valence-corrected chi connectivity index (χ3v) is 2.93. The van der Waals surface area contributed by atoms with Gasteiger partial charge in [0.2, 0.25) is 0 Å². The van der Waals surface area contributed by atoms with Gasteiger partial charge in [-0.25, -0.2) is 4.98 Å². The summed E-state index contributed by atoms with van der Waals surface area (Å²) in [6.07, 6.45) is 1.85. The predicted octanol–water partition coefficient (Wildman–Crippen LogP) is 2.93. The molecule has 0 fully saturated rings. The summed E-state index contributed by atoms with van der Waals surface area (Å²) in [5.74, 6) is -0.106. The van der Waals surface area contributed by atoms with E-state index in [1.165, 1.54) is 0 Å². The van der Waals surface area contributed by atoms with Crippen molar-refractivity contribution in [3.8, 4) is 0 Å². The number of hydrogen-bond donors (Lipinski definition) is 1. The molecule has 2 rings (SSSR count). The highest BCUT2D eigenvalue weighted by Crippen LogP contribution is 2.17. The average molecular weight is 310 g/mol. The van der Waals surface area contributed by atoms with Crippen LogP contribution in [0.15, 0.2) is 22.8 Å². The summed E-state index contributed by atoms with van der Waals surface area (Å²) in [4.78, 5) is 16.7. The summed E-state index contributed by atoms with van der Waals surface area (Å²) >= 11 is 3.41. The Morgan fingerprint density at radius 1 is 1.39 bits per heavy atom. The first-order valence-electron chi connectivity index (χ1n) is 5.75. The van der Waals surface area contributed by atoms with Crippen molar-refractivity contribution in [3.63, 3.8) is 0 Å². The predicted molar refractivity (Wildman–Crippen MR) is 74.8 cm³/mol. The Morgan fingerprint density at radius 2 is 2.06 bits per heavy atom. The highest BCUT2D eigenvalue weighted by atomic mass is 79.9. The van der Waals surface area contributed by atoms with E-state index in [2.05, 4.69) is 26.2 Å². The maximum atomic E-state index is 12.3. The highest BCUT2D eigenvalue weighted by Gasteiger charge is 2.21. The number of halogens is 1. The van der Waals surface area contributed by atoms with E-state index in [0.29, 0.717) is 5.69 Å². The Hall–Kier alpha value is -1.36. The molecule has 18 heavy (non-hydrogen) atoms. The van der Waals surface area contributed by atoms with Gasteiger partial charge in [0.1, 0.15) is 11.3 Å². The zero-order valence-corrected chi connectivity index (χ0v) is 12.5. The molecule has 1 N–H and O–H groups in total. The lowest BCUT2D eigenvalue weighted by atomic mass is 10.1. The largest absolute Gasteiger partial charge is 0.346 e. The monoisotopic (exact) mass is 309 g/mol. The number of carbonyl (C=O) groups is 1. The van der Waals surface area contributed by atoms with Crippen molar-refractivity contribution in [2.24, 2.45) is 0 Å². The lowest BCUT2D eigenvalue weighted by molar-refractivity contribution is 0.0913. The number of nitrogens with one attached hydrogen (secondary N) is 1. The minimum absolute atomic E-state index is 0.106. The molecule has 0 aliphatic carbocycles. The van der Waals surface area contributed by atoms with Gasteiger partial charge in [-0.1, -0.05) is 0 Å². The molecule has 0 aliphatic rings. The Balaban J connectivity index is 2.53. The standard InChI is InChI=1S/C13H16BrN3O/c1-8-11(12(18)16-13(2,3)4)17-7-9(14)5-6-10(17)15-8/h5-7H,1-4H3,(H,16,18). The summed E-state index contributed by atoms with van der Waals surface area (Å²) < 4.78 is 2.72. The summed E-state index contributed by atoms with van der Waals surface area (Å²) in [5.41, 5.74) is 1.82. The van der Waals surface area contributed by atoms with E-state index in [4.69, 9.17) is 0 Å². The quantitative estimate of drug-likeness (QED) is 0.880.